The second-order valence-corrected chi connectivity index (χ2v) is 4.84. The molecular formula is C12H21NO4. The number of piperidine rings is 1. The summed E-state index contributed by atoms with van der Waals surface area (Å²) < 4.78 is 10.7. The predicted octanol–water partition coefficient (Wildman–Crippen LogP) is 0.934. The third kappa shape index (κ3) is 3.40. The number of aliphatic carboxylic acids is 1. The summed E-state index contributed by atoms with van der Waals surface area (Å²) in [6, 6.07) is 0. The Kier molecular flexibility index (Phi) is 4.36. The molecule has 0 saturated carbocycles. The van der Waals surface area contributed by atoms with Crippen LogP contribution in [0.2, 0.25) is 0 Å². The van der Waals surface area contributed by atoms with Crippen molar-refractivity contribution in [3.05, 3.63) is 0 Å². The topological polar surface area (TPSA) is 59.0 Å². The van der Waals surface area contributed by atoms with Gasteiger partial charge in [-0.1, -0.05) is 6.92 Å². The Morgan fingerprint density at radius 3 is 2.65 bits per heavy atom. The summed E-state index contributed by atoms with van der Waals surface area (Å²) in [5.74, 6) is -0.316. The number of ether oxygens (including phenoxy) is 2. The van der Waals surface area contributed by atoms with Gasteiger partial charge in [-0.15, -0.1) is 0 Å². The molecule has 0 aromatic rings. The second-order valence-electron chi connectivity index (χ2n) is 4.84. The number of carboxylic acid groups (broad SMARTS) is 1. The van der Waals surface area contributed by atoms with Gasteiger partial charge < -0.3 is 19.5 Å². The van der Waals surface area contributed by atoms with Gasteiger partial charge in [0.2, 0.25) is 0 Å². The molecule has 0 amide bonds. The highest BCUT2D eigenvalue weighted by molar-refractivity contribution is 5.72. The quantitative estimate of drug-likeness (QED) is 0.796. The highest BCUT2D eigenvalue weighted by atomic mass is 16.7. The molecule has 2 saturated heterocycles. The molecule has 5 heteroatoms. The fourth-order valence-corrected chi connectivity index (χ4v) is 2.52. The van der Waals surface area contributed by atoms with E-state index < -0.39 is 12.1 Å². The lowest BCUT2D eigenvalue weighted by Gasteiger charge is -2.31. The van der Waals surface area contributed by atoms with Crippen LogP contribution in [0.5, 0.6) is 0 Å². The summed E-state index contributed by atoms with van der Waals surface area (Å²) in [5, 5.41) is 8.79. The van der Waals surface area contributed by atoms with Crippen molar-refractivity contribution in [3.63, 3.8) is 0 Å². The molecule has 2 heterocycles. The van der Waals surface area contributed by atoms with Crippen LogP contribution in [0.4, 0.5) is 0 Å². The van der Waals surface area contributed by atoms with Gasteiger partial charge in [0, 0.05) is 6.42 Å². The molecule has 0 aliphatic carbocycles. The average Bonchev–Trinajstić information content (AvgIpc) is 2.79. The lowest BCUT2D eigenvalue weighted by atomic mass is 9.93. The summed E-state index contributed by atoms with van der Waals surface area (Å²) >= 11 is 0. The number of rotatable bonds is 4. The van der Waals surface area contributed by atoms with Gasteiger partial charge in [0.05, 0.1) is 6.61 Å². The predicted molar refractivity (Wildman–Crippen MR) is 61.7 cm³/mol. The molecule has 2 unspecified atom stereocenters. The molecule has 2 aliphatic rings. The standard InChI is InChI=1S/C12H21NO4/c1-2-13-5-3-9(4-6-13)7-11-16-8-10(17-11)12(14)15/h9-11H,2-8H2,1H3,(H,14,15). The van der Waals surface area contributed by atoms with Crippen LogP contribution in [0.15, 0.2) is 0 Å². The Hall–Kier alpha value is -0.650. The van der Waals surface area contributed by atoms with Crippen molar-refractivity contribution in [3.8, 4) is 0 Å². The largest absolute Gasteiger partial charge is 0.479 e. The molecule has 2 aliphatic heterocycles. The number of carbonyl (C=O) groups is 1. The molecular weight excluding hydrogens is 222 g/mol. The molecule has 0 spiro atoms. The normalized spacial score (nSPS) is 31.8. The monoisotopic (exact) mass is 243 g/mol. The van der Waals surface area contributed by atoms with Crippen LogP contribution in [0.3, 0.4) is 0 Å². The molecule has 0 bridgehead atoms. The van der Waals surface area contributed by atoms with E-state index in [1.54, 1.807) is 0 Å². The minimum Gasteiger partial charge on any atom is -0.479 e. The van der Waals surface area contributed by atoms with Crippen LogP contribution in [-0.4, -0.2) is 54.6 Å². The highest BCUT2D eigenvalue weighted by Gasteiger charge is 2.33. The van der Waals surface area contributed by atoms with Crippen LogP contribution in [0.25, 0.3) is 0 Å². The van der Waals surface area contributed by atoms with E-state index in [0.717, 1.165) is 38.9 Å². The lowest BCUT2D eigenvalue weighted by Crippen LogP contribution is -2.34. The molecule has 0 radical (unpaired) electrons. The zero-order valence-electron chi connectivity index (χ0n) is 10.3. The smallest absolute Gasteiger partial charge is 0.335 e. The van der Waals surface area contributed by atoms with Crippen LogP contribution in [0, 0.1) is 5.92 Å². The van der Waals surface area contributed by atoms with Crippen LogP contribution < -0.4 is 0 Å². The second kappa shape index (κ2) is 5.80. The SMILES string of the molecule is CCN1CCC(CC2OCC(C(=O)O)O2)CC1. The molecule has 2 atom stereocenters. The minimum absolute atomic E-state index is 0.188. The first kappa shape index (κ1) is 12.8. The summed E-state index contributed by atoms with van der Waals surface area (Å²) in [7, 11) is 0. The van der Waals surface area contributed by atoms with Gasteiger partial charge in [-0.2, -0.15) is 0 Å². The van der Waals surface area contributed by atoms with Crippen molar-refractivity contribution in [1.29, 1.82) is 0 Å². The van der Waals surface area contributed by atoms with E-state index in [0.29, 0.717) is 5.92 Å². The summed E-state index contributed by atoms with van der Waals surface area (Å²) in [5.41, 5.74) is 0. The molecule has 17 heavy (non-hydrogen) atoms. The summed E-state index contributed by atoms with van der Waals surface area (Å²) in [4.78, 5) is 13.1. The van der Waals surface area contributed by atoms with Gasteiger partial charge in [-0.3, -0.25) is 0 Å². The van der Waals surface area contributed by atoms with Crippen LogP contribution in [0.1, 0.15) is 26.2 Å². The number of nitrogens with zero attached hydrogens (tertiary/aromatic N) is 1. The Morgan fingerprint density at radius 1 is 1.41 bits per heavy atom. The van der Waals surface area contributed by atoms with E-state index in [4.69, 9.17) is 14.6 Å². The number of hydrogen-bond acceptors (Lipinski definition) is 4. The lowest BCUT2D eigenvalue weighted by molar-refractivity contribution is -0.151. The number of carboxylic acids is 1. The van der Waals surface area contributed by atoms with Crippen molar-refractivity contribution in [2.75, 3.05) is 26.2 Å². The van der Waals surface area contributed by atoms with Crippen molar-refractivity contribution in [2.24, 2.45) is 5.92 Å². The molecule has 2 fully saturated rings. The van der Waals surface area contributed by atoms with E-state index in [9.17, 15) is 4.79 Å². The molecule has 98 valence electrons. The zero-order valence-corrected chi connectivity index (χ0v) is 10.3. The summed E-state index contributed by atoms with van der Waals surface area (Å²) in [6.07, 6.45) is 2.08. The van der Waals surface area contributed by atoms with Crippen molar-refractivity contribution < 1.29 is 19.4 Å². The molecule has 1 N–H and O–H groups in total. The number of likely N-dealkylation sites (tertiary alicyclic amines) is 1. The van der Waals surface area contributed by atoms with E-state index in [1.165, 1.54) is 0 Å². The third-order valence-corrected chi connectivity index (χ3v) is 3.71. The van der Waals surface area contributed by atoms with Crippen LogP contribution >= 0.6 is 0 Å². The van der Waals surface area contributed by atoms with Crippen LogP contribution in [-0.2, 0) is 14.3 Å². The van der Waals surface area contributed by atoms with Crippen molar-refractivity contribution in [1.82, 2.24) is 4.90 Å². The average molecular weight is 243 g/mol. The minimum atomic E-state index is -0.923. The van der Waals surface area contributed by atoms with Gasteiger partial charge in [0.25, 0.3) is 0 Å². The fourth-order valence-electron chi connectivity index (χ4n) is 2.52. The van der Waals surface area contributed by atoms with Gasteiger partial charge in [-0.25, -0.2) is 4.79 Å². The van der Waals surface area contributed by atoms with Crippen molar-refractivity contribution in [2.45, 2.75) is 38.6 Å². The Bertz CT molecular complexity index is 263. The molecule has 0 aromatic carbocycles. The molecule has 2 rings (SSSR count). The maximum Gasteiger partial charge on any atom is 0.335 e. The van der Waals surface area contributed by atoms with Gasteiger partial charge in [0.1, 0.15) is 0 Å². The van der Waals surface area contributed by atoms with E-state index >= 15 is 0 Å². The first-order chi connectivity index (χ1) is 8.19. The maximum atomic E-state index is 10.7. The number of hydrogen-bond donors (Lipinski definition) is 1. The first-order valence-corrected chi connectivity index (χ1v) is 6.41. The van der Waals surface area contributed by atoms with Gasteiger partial charge in [0.15, 0.2) is 12.4 Å². The van der Waals surface area contributed by atoms with E-state index in [-0.39, 0.29) is 12.9 Å². The zero-order chi connectivity index (χ0) is 12.3. The third-order valence-electron chi connectivity index (χ3n) is 3.71. The Balaban J connectivity index is 1.70. The van der Waals surface area contributed by atoms with Crippen molar-refractivity contribution >= 4 is 5.97 Å². The van der Waals surface area contributed by atoms with Gasteiger partial charge in [-0.05, 0) is 38.4 Å². The first-order valence-electron chi connectivity index (χ1n) is 6.41. The highest BCUT2D eigenvalue weighted by Crippen LogP contribution is 2.26. The Morgan fingerprint density at radius 2 is 2.12 bits per heavy atom. The Labute approximate surface area is 102 Å². The summed E-state index contributed by atoms with van der Waals surface area (Å²) in [6.45, 7) is 5.76. The van der Waals surface area contributed by atoms with E-state index in [1.807, 2.05) is 0 Å². The van der Waals surface area contributed by atoms with Gasteiger partial charge >= 0.3 is 5.97 Å². The molecule has 0 aromatic heterocycles. The maximum absolute atomic E-state index is 10.7. The van der Waals surface area contributed by atoms with E-state index in [2.05, 4.69) is 11.8 Å². The fraction of sp³-hybridized carbons (Fsp3) is 0.917. The molecule has 5 nitrogen and oxygen atoms in total.